The van der Waals surface area contributed by atoms with Crippen molar-refractivity contribution in [2.45, 2.75) is 6.61 Å². The maximum atomic E-state index is 11.1. The Morgan fingerprint density at radius 2 is 2.00 bits per heavy atom. The van der Waals surface area contributed by atoms with Crippen LogP contribution in [0.1, 0.15) is 16.1 Å². The Hall–Kier alpha value is -3.06. The summed E-state index contributed by atoms with van der Waals surface area (Å²) < 4.78 is 1.59. The van der Waals surface area contributed by atoms with Gasteiger partial charge in [0.15, 0.2) is 0 Å². The summed E-state index contributed by atoms with van der Waals surface area (Å²) in [4.78, 5) is 15.2. The summed E-state index contributed by atoms with van der Waals surface area (Å²) >= 11 is 0. The lowest BCUT2D eigenvalue weighted by atomic mass is 10.1. The second-order valence-corrected chi connectivity index (χ2v) is 4.61. The smallest absolute Gasteiger partial charge is 0.248 e. The Kier molecular flexibility index (Phi) is 3.63. The molecule has 3 aromatic rings. The van der Waals surface area contributed by atoms with Crippen LogP contribution in [0.2, 0.25) is 0 Å². The zero-order valence-corrected chi connectivity index (χ0v) is 11.5. The van der Waals surface area contributed by atoms with E-state index in [0.29, 0.717) is 22.6 Å². The van der Waals surface area contributed by atoms with Gasteiger partial charge in [0.25, 0.3) is 0 Å². The molecule has 0 fully saturated rings. The van der Waals surface area contributed by atoms with Crippen molar-refractivity contribution in [1.29, 1.82) is 0 Å². The van der Waals surface area contributed by atoms with Crippen molar-refractivity contribution in [2.75, 3.05) is 0 Å². The Morgan fingerprint density at radius 1 is 1.23 bits per heavy atom. The van der Waals surface area contributed by atoms with Crippen molar-refractivity contribution in [1.82, 2.24) is 20.0 Å². The van der Waals surface area contributed by atoms with E-state index in [2.05, 4.69) is 15.3 Å². The molecule has 0 unspecified atom stereocenters. The van der Waals surface area contributed by atoms with E-state index in [4.69, 9.17) is 5.73 Å². The number of hydrogen-bond acceptors (Lipinski definition) is 5. The second-order valence-electron chi connectivity index (χ2n) is 4.61. The van der Waals surface area contributed by atoms with Crippen molar-refractivity contribution in [2.24, 2.45) is 5.73 Å². The van der Waals surface area contributed by atoms with E-state index < -0.39 is 5.91 Å². The Balaban J connectivity index is 2.12. The third-order valence-corrected chi connectivity index (χ3v) is 3.22. The number of carbonyl (C=O) groups is 1. The lowest BCUT2D eigenvalue weighted by molar-refractivity contribution is 0.100. The topological polar surface area (TPSA) is 107 Å². The standard InChI is InChI=1S/C15H13N5O2/c16-15(22)10-3-5-12(6-4-10)20-14(13(9-21)18-19-20)11-2-1-7-17-8-11/h1-8,21H,9H2,(H2,16,22). The molecular weight excluding hydrogens is 282 g/mol. The summed E-state index contributed by atoms with van der Waals surface area (Å²) in [6.45, 7) is -0.233. The molecule has 0 aliphatic rings. The van der Waals surface area contributed by atoms with Gasteiger partial charge in [-0.2, -0.15) is 0 Å². The van der Waals surface area contributed by atoms with Gasteiger partial charge < -0.3 is 10.8 Å². The van der Waals surface area contributed by atoms with Gasteiger partial charge in [-0.25, -0.2) is 4.68 Å². The minimum atomic E-state index is -0.492. The first kappa shape index (κ1) is 13.9. The van der Waals surface area contributed by atoms with Crippen LogP contribution in [0.25, 0.3) is 16.9 Å². The lowest BCUT2D eigenvalue weighted by Crippen LogP contribution is -2.11. The van der Waals surface area contributed by atoms with Crippen LogP contribution in [0, 0.1) is 0 Å². The van der Waals surface area contributed by atoms with E-state index in [1.165, 1.54) is 0 Å². The zero-order chi connectivity index (χ0) is 15.5. The lowest BCUT2D eigenvalue weighted by Gasteiger charge is -2.08. The van der Waals surface area contributed by atoms with Crippen LogP contribution in [-0.4, -0.2) is 31.0 Å². The molecule has 2 heterocycles. The molecule has 0 saturated carbocycles. The molecule has 0 bridgehead atoms. The summed E-state index contributed by atoms with van der Waals surface area (Å²) in [7, 11) is 0. The molecule has 22 heavy (non-hydrogen) atoms. The highest BCUT2D eigenvalue weighted by atomic mass is 16.3. The Labute approximate surface area is 126 Å². The van der Waals surface area contributed by atoms with Gasteiger partial charge in [0, 0.05) is 23.5 Å². The first-order valence-corrected chi connectivity index (χ1v) is 6.57. The van der Waals surface area contributed by atoms with Crippen molar-refractivity contribution in [3.05, 3.63) is 60.0 Å². The number of amides is 1. The average molecular weight is 295 g/mol. The highest BCUT2D eigenvalue weighted by Crippen LogP contribution is 2.24. The Morgan fingerprint density at radius 3 is 2.59 bits per heavy atom. The number of hydrogen-bond donors (Lipinski definition) is 2. The maximum Gasteiger partial charge on any atom is 0.248 e. The van der Waals surface area contributed by atoms with Crippen molar-refractivity contribution < 1.29 is 9.90 Å². The van der Waals surface area contributed by atoms with Crippen LogP contribution < -0.4 is 5.73 Å². The van der Waals surface area contributed by atoms with E-state index in [1.54, 1.807) is 47.4 Å². The molecule has 0 radical (unpaired) electrons. The number of nitrogens with two attached hydrogens (primary N) is 1. The maximum absolute atomic E-state index is 11.1. The van der Waals surface area contributed by atoms with Crippen molar-refractivity contribution in [3.63, 3.8) is 0 Å². The van der Waals surface area contributed by atoms with Crippen LogP contribution in [0.5, 0.6) is 0 Å². The van der Waals surface area contributed by atoms with Crippen LogP contribution in [-0.2, 0) is 6.61 Å². The molecule has 0 saturated heterocycles. The molecule has 110 valence electrons. The SMILES string of the molecule is NC(=O)c1ccc(-n2nnc(CO)c2-c2cccnc2)cc1. The minimum absolute atomic E-state index is 0.233. The largest absolute Gasteiger partial charge is 0.390 e. The van der Waals surface area contributed by atoms with Gasteiger partial charge in [-0.3, -0.25) is 9.78 Å². The summed E-state index contributed by atoms with van der Waals surface area (Å²) in [5.41, 5.74) is 8.24. The van der Waals surface area contributed by atoms with Crippen LogP contribution in [0.3, 0.4) is 0 Å². The van der Waals surface area contributed by atoms with E-state index >= 15 is 0 Å². The summed E-state index contributed by atoms with van der Waals surface area (Å²) in [5.74, 6) is -0.492. The number of aliphatic hydroxyl groups is 1. The number of aliphatic hydroxyl groups excluding tert-OH is 1. The predicted molar refractivity (Wildman–Crippen MR) is 79.0 cm³/mol. The van der Waals surface area contributed by atoms with E-state index in [0.717, 1.165) is 5.56 Å². The highest BCUT2D eigenvalue weighted by molar-refractivity contribution is 5.92. The monoisotopic (exact) mass is 295 g/mol. The third kappa shape index (κ3) is 2.45. The van der Waals surface area contributed by atoms with Gasteiger partial charge in [-0.1, -0.05) is 5.21 Å². The van der Waals surface area contributed by atoms with Gasteiger partial charge in [0.05, 0.1) is 12.3 Å². The number of pyridine rings is 1. The molecule has 7 heteroatoms. The molecule has 0 aliphatic heterocycles. The normalized spacial score (nSPS) is 10.6. The molecule has 3 N–H and O–H groups in total. The summed E-state index contributed by atoms with van der Waals surface area (Å²) in [5, 5.41) is 17.5. The number of nitrogens with zero attached hydrogens (tertiary/aromatic N) is 4. The Bertz CT molecular complexity index is 797. The zero-order valence-electron chi connectivity index (χ0n) is 11.5. The number of primary amides is 1. The van der Waals surface area contributed by atoms with Crippen LogP contribution in [0.15, 0.2) is 48.8 Å². The van der Waals surface area contributed by atoms with Gasteiger partial charge in [-0.15, -0.1) is 5.10 Å². The number of rotatable bonds is 4. The van der Waals surface area contributed by atoms with Crippen LogP contribution in [0.4, 0.5) is 0 Å². The molecule has 0 atom stereocenters. The molecule has 3 rings (SSSR count). The minimum Gasteiger partial charge on any atom is -0.390 e. The fraction of sp³-hybridized carbons (Fsp3) is 0.0667. The predicted octanol–water partition coefficient (Wildman–Crippen LogP) is 0.921. The van der Waals surface area contributed by atoms with Gasteiger partial charge in [-0.05, 0) is 36.4 Å². The average Bonchev–Trinajstić information content (AvgIpc) is 2.99. The van der Waals surface area contributed by atoms with Gasteiger partial charge in [0.2, 0.25) is 5.91 Å². The number of benzene rings is 1. The molecule has 7 nitrogen and oxygen atoms in total. The highest BCUT2D eigenvalue weighted by Gasteiger charge is 2.16. The summed E-state index contributed by atoms with van der Waals surface area (Å²) in [6.07, 6.45) is 3.34. The quantitative estimate of drug-likeness (QED) is 0.744. The first-order chi connectivity index (χ1) is 10.7. The van der Waals surface area contributed by atoms with Gasteiger partial charge >= 0.3 is 0 Å². The van der Waals surface area contributed by atoms with E-state index in [1.807, 2.05) is 6.07 Å². The third-order valence-electron chi connectivity index (χ3n) is 3.22. The van der Waals surface area contributed by atoms with Gasteiger partial charge in [0.1, 0.15) is 11.4 Å². The first-order valence-electron chi connectivity index (χ1n) is 6.57. The van der Waals surface area contributed by atoms with E-state index in [-0.39, 0.29) is 6.61 Å². The van der Waals surface area contributed by atoms with Crippen LogP contribution >= 0.6 is 0 Å². The van der Waals surface area contributed by atoms with E-state index in [9.17, 15) is 9.90 Å². The fourth-order valence-corrected chi connectivity index (χ4v) is 2.16. The van der Waals surface area contributed by atoms with Crippen molar-refractivity contribution in [3.8, 4) is 16.9 Å². The molecule has 2 aromatic heterocycles. The number of carbonyl (C=O) groups excluding carboxylic acids is 1. The van der Waals surface area contributed by atoms with Crippen molar-refractivity contribution >= 4 is 5.91 Å². The second kappa shape index (κ2) is 5.74. The molecule has 1 amide bonds. The molecular formula is C15H13N5O2. The molecule has 1 aromatic carbocycles. The molecule has 0 spiro atoms. The summed E-state index contributed by atoms with van der Waals surface area (Å²) in [6, 6.07) is 10.3. The number of aromatic nitrogens is 4. The molecule has 0 aliphatic carbocycles. The fourth-order valence-electron chi connectivity index (χ4n) is 2.16.